The van der Waals surface area contributed by atoms with E-state index in [0.29, 0.717) is 6.04 Å². The van der Waals surface area contributed by atoms with Crippen LogP contribution in [0.3, 0.4) is 0 Å². The van der Waals surface area contributed by atoms with Crippen LogP contribution in [-0.2, 0) is 32.4 Å². The van der Waals surface area contributed by atoms with Crippen molar-refractivity contribution in [1.29, 1.82) is 0 Å². The predicted octanol–water partition coefficient (Wildman–Crippen LogP) is 0.824. The molecule has 2 aromatic rings. The number of aryl methyl sites for hydroxylation is 3. The van der Waals surface area contributed by atoms with Crippen LogP contribution in [0, 0.1) is 0 Å². The molecule has 2 aliphatic heterocycles. The normalized spacial score (nSPS) is 19.7. The van der Waals surface area contributed by atoms with Crippen molar-refractivity contribution >= 4 is 5.82 Å². The average Bonchev–Trinajstić information content (AvgIpc) is 3.23. The van der Waals surface area contributed by atoms with Gasteiger partial charge in [0.25, 0.3) is 0 Å². The molecule has 0 aromatic carbocycles. The van der Waals surface area contributed by atoms with Crippen LogP contribution in [-0.4, -0.2) is 56.0 Å². The molecule has 2 aromatic heterocycles. The smallest absolute Gasteiger partial charge is 0.151 e. The minimum atomic E-state index is 0.550. The van der Waals surface area contributed by atoms with Crippen LogP contribution < -0.4 is 4.90 Å². The first kappa shape index (κ1) is 14.3. The summed E-state index contributed by atoms with van der Waals surface area (Å²) in [6, 6.07) is 2.80. The van der Waals surface area contributed by atoms with E-state index in [-0.39, 0.29) is 0 Å². The van der Waals surface area contributed by atoms with Gasteiger partial charge in [-0.15, -0.1) is 15.3 Å². The van der Waals surface area contributed by atoms with Gasteiger partial charge in [0, 0.05) is 32.1 Å². The summed E-state index contributed by atoms with van der Waals surface area (Å²) in [6.45, 7) is 3.99. The van der Waals surface area contributed by atoms with E-state index in [1.165, 1.54) is 24.1 Å². The molecule has 0 spiro atoms. The monoisotopic (exact) mass is 325 g/mol. The summed E-state index contributed by atoms with van der Waals surface area (Å²) in [4.78, 5) is 4.73. The Kier molecular flexibility index (Phi) is 3.29. The fourth-order valence-corrected chi connectivity index (χ4v) is 4.07. The van der Waals surface area contributed by atoms with E-state index in [1.807, 2.05) is 0 Å². The maximum atomic E-state index is 4.42. The van der Waals surface area contributed by atoms with Crippen LogP contribution in [0.5, 0.6) is 0 Å². The molecule has 1 saturated heterocycles. The van der Waals surface area contributed by atoms with Crippen molar-refractivity contribution in [3.63, 3.8) is 0 Å². The summed E-state index contributed by atoms with van der Waals surface area (Å²) >= 11 is 0. The molecule has 0 atom stereocenters. The molecule has 1 aliphatic carbocycles. The lowest BCUT2D eigenvalue weighted by Crippen LogP contribution is -2.58. The van der Waals surface area contributed by atoms with E-state index in [9.17, 15) is 0 Å². The van der Waals surface area contributed by atoms with E-state index >= 15 is 0 Å². The van der Waals surface area contributed by atoms with Crippen LogP contribution in [0.25, 0.3) is 0 Å². The van der Waals surface area contributed by atoms with Crippen molar-refractivity contribution in [1.82, 2.24) is 29.9 Å². The highest BCUT2D eigenvalue weighted by atomic mass is 15.4. The lowest BCUT2D eigenvalue weighted by Gasteiger charge is -2.44. The average molecular weight is 325 g/mol. The molecule has 0 saturated carbocycles. The summed E-state index contributed by atoms with van der Waals surface area (Å²) in [5, 5.41) is 17.5. The van der Waals surface area contributed by atoms with Gasteiger partial charge in [-0.05, 0) is 44.4 Å². The SMILES string of the molecule is CN(Cc1nnc2n1CCC2)C1CN(c2cc3c(nn2)CCC3)C1. The van der Waals surface area contributed by atoms with E-state index in [2.05, 4.69) is 47.9 Å². The van der Waals surface area contributed by atoms with Gasteiger partial charge in [-0.3, -0.25) is 4.90 Å². The van der Waals surface area contributed by atoms with Crippen LogP contribution in [0.2, 0.25) is 0 Å². The number of likely N-dealkylation sites (N-methyl/N-ethyl adjacent to an activating group) is 1. The zero-order valence-electron chi connectivity index (χ0n) is 14.1. The molecular formula is C17H23N7. The highest BCUT2D eigenvalue weighted by Crippen LogP contribution is 2.27. The number of fused-ring (bicyclic) bond motifs is 2. The fraction of sp³-hybridized carbons (Fsp3) is 0.647. The van der Waals surface area contributed by atoms with Crippen LogP contribution >= 0.6 is 0 Å². The third kappa shape index (κ3) is 2.30. The lowest BCUT2D eigenvalue weighted by molar-refractivity contribution is 0.190. The van der Waals surface area contributed by atoms with Crippen molar-refractivity contribution in [3.8, 4) is 0 Å². The van der Waals surface area contributed by atoms with Gasteiger partial charge in [-0.25, -0.2) is 0 Å². The quantitative estimate of drug-likeness (QED) is 0.829. The first-order valence-electron chi connectivity index (χ1n) is 8.99. The number of nitrogens with zero attached hydrogens (tertiary/aromatic N) is 7. The standard InChI is InChI=1S/C17H23N7/c1-22(11-17-21-19-15-6-3-7-24(15)17)13-9-23(10-13)16-8-12-4-2-5-14(12)18-20-16/h8,13H,2-7,9-11H2,1H3. The molecule has 0 amide bonds. The summed E-state index contributed by atoms with van der Waals surface area (Å²) < 4.78 is 2.29. The van der Waals surface area contributed by atoms with E-state index in [1.54, 1.807) is 0 Å². The summed E-state index contributed by atoms with van der Waals surface area (Å²) in [6.07, 6.45) is 5.76. The first-order valence-corrected chi connectivity index (χ1v) is 8.99. The number of hydrogen-bond acceptors (Lipinski definition) is 6. The van der Waals surface area contributed by atoms with Crippen molar-refractivity contribution in [2.75, 3.05) is 25.0 Å². The molecule has 0 bridgehead atoms. The van der Waals surface area contributed by atoms with Crippen molar-refractivity contribution in [3.05, 3.63) is 29.0 Å². The first-order chi connectivity index (χ1) is 11.8. The fourth-order valence-electron chi connectivity index (χ4n) is 4.07. The van der Waals surface area contributed by atoms with Crippen molar-refractivity contribution in [2.24, 2.45) is 0 Å². The Morgan fingerprint density at radius 3 is 2.92 bits per heavy atom. The molecule has 7 heteroatoms. The molecule has 0 unspecified atom stereocenters. The number of anilines is 1. The minimum absolute atomic E-state index is 0.550. The third-order valence-electron chi connectivity index (χ3n) is 5.69. The minimum Gasteiger partial charge on any atom is -0.352 e. The zero-order chi connectivity index (χ0) is 16.1. The second kappa shape index (κ2) is 5.51. The predicted molar refractivity (Wildman–Crippen MR) is 89.9 cm³/mol. The highest BCUT2D eigenvalue weighted by Gasteiger charge is 2.32. The highest BCUT2D eigenvalue weighted by molar-refractivity contribution is 5.45. The zero-order valence-corrected chi connectivity index (χ0v) is 14.1. The van der Waals surface area contributed by atoms with E-state index in [0.717, 1.165) is 62.9 Å². The van der Waals surface area contributed by atoms with Crippen LogP contribution in [0.1, 0.15) is 35.7 Å². The molecule has 24 heavy (non-hydrogen) atoms. The van der Waals surface area contributed by atoms with Gasteiger partial charge in [-0.2, -0.15) is 5.10 Å². The van der Waals surface area contributed by atoms with Crippen molar-refractivity contribution < 1.29 is 0 Å². The summed E-state index contributed by atoms with van der Waals surface area (Å²) in [5.74, 6) is 3.31. The maximum Gasteiger partial charge on any atom is 0.151 e. The third-order valence-corrected chi connectivity index (χ3v) is 5.69. The van der Waals surface area contributed by atoms with Gasteiger partial charge in [0.1, 0.15) is 11.6 Å². The summed E-state index contributed by atoms with van der Waals surface area (Å²) in [5.41, 5.74) is 2.60. The van der Waals surface area contributed by atoms with Gasteiger partial charge in [0.05, 0.1) is 12.2 Å². The Morgan fingerprint density at radius 2 is 2.00 bits per heavy atom. The van der Waals surface area contributed by atoms with Gasteiger partial charge in [0.15, 0.2) is 5.82 Å². The maximum absolute atomic E-state index is 4.42. The number of rotatable bonds is 4. The number of aromatic nitrogens is 5. The Bertz CT molecular complexity index is 762. The van der Waals surface area contributed by atoms with Crippen molar-refractivity contribution in [2.45, 2.75) is 51.2 Å². The second-order valence-corrected chi connectivity index (χ2v) is 7.29. The number of hydrogen-bond donors (Lipinski definition) is 0. The van der Waals surface area contributed by atoms with Gasteiger partial charge < -0.3 is 9.47 Å². The van der Waals surface area contributed by atoms with Gasteiger partial charge in [-0.1, -0.05) is 0 Å². The second-order valence-electron chi connectivity index (χ2n) is 7.29. The molecule has 1 fully saturated rings. The van der Waals surface area contributed by atoms with Gasteiger partial charge >= 0.3 is 0 Å². The Morgan fingerprint density at radius 1 is 1.08 bits per heavy atom. The lowest BCUT2D eigenvalue weighted by atomic mass is 10.1. The molecule has 7 nitrogen and oxygen atoms in total. The largest absolute Gasteiger partial charge is 0.352 e. The molecule has 3 aliphatic rings. The summed E-state index contributed by atoms with van der Waals surface area (Å²) in [7, 11) is 2.19. The topological polar surface area (TPSA) is 63.0 Å². The molecular weight excluding hydrogens is 302 g/mol. The Balaban J connectivity index is 1.21. The Labute approximate surface area is 141 Å². The van der Waals surface area contributed by atoms with Crippen LogP contribution in [0.15, 0.2) is 6.07 Å². The Hall–Kier alpha value is -2.02. The molecule has 4 heterocycles. The van der Waals surface area contributed by atoms with Crippen LogP contribution in [0.4, 0.5) is 5.82 Å². The van der Waals surface area contributed by atoms with Gasteiger partial charge in [0.2, 0.25) is 0 Å². The molecule has 5 rings (SSSR count). The van der Waals surface area contributed by atoms with E-state index < -0.39 is 0 Å². The molecule has 0 N–H and O–H groups in total. The molecule has 126 valence electrons. The van der Waals surface area contributed by atoms with E-state index in [4.69, 9.17) is 0 Å². The molecule has 0 radical (unpaired) electrons.